The van der Waals surface area contributed by atoms with Gasteiger partial charge < -0.3 is 24.8 Å². The van der Waals surface area contributed by atoms with Crippen molar-refractivity contribution < 1.29 is 23.8 Å². The summed E-state index contributed by atoms with van der Waals surface area (Å²) in [6.07, 6.45) is 1.49. The summed E-state index contributed by atoms with van der Waals surface area (Å²) < 4.78 is 19.9. The van der Waals surface area contributed by atoms with E-state index in [1.54, 1.807) is 41.8 Å². The highest BCUT2D eigenvalue weighted by Gasteiger charge is 2.14. The van der Waals surface area contributed by atoms with E-state index in [-0.39, 0.29) is 18.4 Å². The molecule has 2 N–H and O–H groups in total. The summed E-state index contributed by atoms with van der Waals surface area (Å²) in [5.41, 5.74) is 2.19. The molecule has 0 aliphatic heterocycles. The molecule has 0 aliphatic carbocycles. The fourth-order valence-electron chi connectivity index (χ4n) is 2.78. The second-order valence-electron chi connectivity index (χ2n) is 6.16. The van der Waals surface area contributed by atoms with E-state index in [0.29, 0.717) is 34.1 Å². The van der Waals surface area contributed by atoms with Gasteiger partial charge in [-0.1, -0.05) is 6.07 Å². The van der Waals surface area contributed by atoms with Crippen molar-refractivity contribution in [2.75, 3.05) is 26.6 Å². The number of rotatable bonds is 8. The summed E-state index contributed by atoms with van der Waals surface area (Å²) in [5.74, 6) is 0.942. The Hall–Kier alpha value is -3.59. The van der Waals surface area contributed by atoms with E-state index in [1.165, 1.54) is 39.1 Å². The number of anilines is 1. The molecule has 156 valence electrons. The Morgan fingerprint density at radius 2 is 1.70 bits per heavy atom. The zero-order chi connectivity index (χ0) is 21.5. The second kappa shape index (κ2) is 9.75. The van der Waals surface area contributed by atoms with Crippen LogP contribution in [-0.2, 0) is 6.54 Å². The van der Waals surface area contributed by atoms with Crippen LogP contribution in [0.25, 0.3) is 0 Å². The highest BCUT2D eigenvalue weighted by molar-refractivity contribution is 7.03. The number of benzene rings is 2. The average molecular weight is 427 g/mol. The van der Waals surface area contributed by atoms with E-state index in [2.05, 4.69) is 15.0 Å². The Labute approximate surface area is 177 Å². The molecule has 8 nitrogen and oxygen atoms in total. The fraction of sp³-hybridized carbons (Fsp3) is 0.190. The monoisotopic (exact) mass is 427 g/mol. The van der Waals surface area contributed by atoms with Gasteiger partial charge in [0.1, 0.15) is 0 Å². The molecule has 0 atom stereocenters. The van der Waals surface area contributed by atoms with E-state index in [0.717, 1.165) is 5.56 Å². The van der Waals surface area contributed by atoms with Crippen molar-refractivity contribution in [3.8, 4) is 17.2 Å². The lowest BCUT2D eigenvalue weighted by Crippen LogP contribution is -2.23. The number of nitrogens with one attached hydrogen (secondary N) is 2. The standard InChI is InChI=1S/C21H21N3O5S/c1-27-17-7-13(8-18(28-2)19(17)29-3)10-22-20(25)14-5-4-6-16(9-14)24-21(26)15-11-23-30-12-15/h4-9,11-12H,10H2,1-3H3,(H,22,25)(H,24,26). The summed E-state index contributed by atoms with van der Waals surface area (Å²) in [5, 5.41) is 7.26. The van der Waals surface area contributed by atoms with Crippen LogP contribution in [0, 0.1) is 0 Å². The van der Waals surface area contributed by atoms with Crippen LogP contribution >= 0.6 is 11.5 Å². The van der Waals surface area contributed by atoms with Gasteiger partial charge >= 0.3 is 0 Å². The Morgan fingerprint density at radius 1 is 0.967 bits per heavy atom. The molecule has 1 heterocycles. The van der Waals surface area contributed by atoms with Crippen LogP contribution in [0.5, 0.6) is 17.2 Å². The normalized spacial score (nSPS) is 10.2. The molecule has 0 radical (unpaired) electrons. The van der Waals surface area contributed by atoms with Gasteiger partial charge in [-0.2, -0.15) is 0 Å². The highest BCUT2D eigenvalue weighted by Crippen LogP contribution is 2.38. The van der Waals surface area contributed by atoms with Gasteiger partial charge in [-0.3, -0.25) is 9.59 Å². The molecule has 3 aromatic rings. The molecule has 0 fully saturated rings. The first kappa shape index (κ1) is 21.1. The lowest BCUT2D eigenvalue weighted by molar-refractivity contribution is 0.0949. The Balaban J connectivity index is 1.69. The summed E-state index contributed by atoms with van der Waals surface area (Å²) in [4.78, 5) is 24.8. The molecule has 2 aromatic carbocycles. The van der Waals surface area contributed by atoms with Crippen molar-refractivity contribution in [2.24, 2.45) is 0 Å². The second-order valence-corrected chi connectivity index (χ2v) is 6.82. The van der Waals surface area contributed by atoms with Gasteiger partial charge in [-0.15, -0.1) is 0 Å². The van der Waals surface area contributed by atoms with Crippen molar-refractivity contribution in [3.63, 3.8) is 0 Å². The number of hydrogen-bond acceptors (Lipinski definition) is 7. The number of carbonyl (C=O) groups is 2. The maximum Gasteiger partial charge on any atom is 0.258 e. The topological polar surface area (TPSA) is 98.8 Å². The maximum atomic E-state index is 12.6. The average Bonchev–Trinajstić information content (AvgIpc) is 3.32. The third-order valence-electron chi connectivity index (χ3n) is 4.25. The summed E-state index contributed by atoms with van der Waals surface area (Å²) in [6, 6.07) is 10.2. The summed E-state index contributed by atoms with van der Waals surface area (Å²) >= 11 is 1.20. The smallest absolute Gasteiger partial charge is 0.258 e. The molecule has 3 rings (SSSR count). The predicted molar refractivity (Wildman–Crippen MR) is 114 cm³/mol. The molecule has 0 aliphatic rings. The molecule has 0 saturated carbocycles. The van der Waals surface area contributed by atoms with Crippen molar-refractivity contribution in [2.45, 2.75) is 6.54 Å². The number of aromatic nitrogens is 1. The molecular weight excluding hydrogens is 406 g/mol. The number of methoxy groups -OCH3 is 3. The van der Waals surface area contributed by atoms with E-state index in [9.17, 15) is 9.59 Å². The maximum absolute atomic E-state index is 12.6. The molecule has 0 bridgehead atoms. The van der Waals surface area contributed by atoms with Crippen LogP contribution in [-0.4, -0.2) is 37.5 Å². The van der Waals surface area contributed by atoms with Crippen molar-refractivity contribution in [3.05, 3.63) is 64.7 Å². The SMILES string of the molecule is COc1cc(CNC(=O)c2cccc(NC(=O)c3cnsc3)c2)cc(OC)c1OC. The van der Waals surface area contributed by atoms with E-state index < -0.39 is 0 Å². The van der Waals surface area contributed by atoms with Gasteiger partial charge in [0.25, 0.3) is 11.8 Å². The number of hydrogen-bond donors (Lipinski definition) is 2. The third-order valence-corrected chi connectivity index (χ3v) is 4.84. The van der Waals surface area contributed by atoms with Crippen molar-refractivity contribution >= 4 is 29.0 Å². The Bertz CT molecular complexity index is 1010. The summed E-state index contributed by atoms with van der Waals surface area (Å²) in [6.45, 7) is 0.257. The largest absolute Gasteiger partial charge is 0.493 e. The van der Waals surface area contributed by atoms with Gasteiger partial charge in [0.15, 0.2) is 11.5 Å². The minimum absolute atomic E-state index is 0.257. The lowest BCUT2D eigenvalue weighted by atomic mass is 10.1. The molecule has 30 heavy (non-hydrogen) atoms. The first-order chi connectivity index (χ1) is 14.5. The van der Waals surface area contributed by atoms with Gasteiger partial charge in [0.05, 0.1) is 33.1 Å². The van der Waals surface area contributed by atoms with Crippen molar-refractivity contribution in [1.82, 2.24) is 9.69 Å². The third kappa shape index (κ3) is 4.87. The minimum Gasteiger partial charge on any atom is -0.493 e. The van der Waals surface area contributed by atoms with E-state index in [4.69, 9.17) is 14.2 Å². The molecular formula is C21H21N3O5S. The highest BCUT2D eigenvalue weighted by atomic mass is 32.1. The van der Waals surface area contributed by atoms with Crippen LogP contribution in [0.4, 0.5) is 5.69 Å². The molecule has 1 aromatic heterocycles. The van der Waals surface area contributed by atoms with Crippen LogP contribution in [0.3, 0.4) is 0 Å². The Kier molecular flexibility index (Phi) is 6.87. The van der Waals surface area contributed by atoms with E-state index in [1.807, 2.05) is 0 Å². The van der Waals surface area contributed by atoms with Crippen molar-refractivity contribution in [1.29, 1.82) is 0 Å². The van der Waals surface area contributed by atoms with Gasteiger partial charge in [-0.25, -0.2) is 4.37 Å². The first-order valence-electron chi connectivity index (χ1n) is 8.93. The van der Waals surface area contributed by atoms with E-state index >= 15 is 0 Å². The number of amides is 2. The molecule has 0 spiro atoms. The molecule has 9 heteroatoms. The zero-order valence-corrected chi connectivity index (χ0v) is 17.5. The molecule has 0 saturated heterocycles. The Morgan fingerprint density at radius 3 is 2.30 bits per heavy atom. The van der Waals surface area contributed by atoms with Gasteiger partial charge in [-0.05, 0) is 47.4 Å². The first-order valence-corrected chi connectivity index (χ1v) is 9.77. The molecule has 2 amide bonds. The van der Waals surface area contributed by atoms with Crippen LogP contribution in [0.15, 0.2) is 48.0 Å². The number of carbonyl (C=O) groups excluding carboxylic acids is 2. The van der Waals surface area contributed by atoms with Crippen LogP contribution < -0.4 is 24.8 Å². The zero-order valence-electron chi connectivity index (χ0n) is 16.7. The number of ether oxygens (including phenoxy) is 3. The minimum atomic E-state index is -0.281. The summed E-state index contributed by atoms with van der Waals surface area (Å²) in [7, 11) is 4.60. The molecule has 0 unspecified atom stereocenters. The van der Waals surface area contributed by atoms with Crippen LogP contribution in [0.2, 0.25) is 0 Å². The quantitative estimate of drug-likeness (QED) is 0.572. The van der Waals surface area contributed by atoms with Gasteiger partial charge in [0, 0.05) is 23.2 Å². The fourth-order valence-corrected chi connectivity index (χ4v) is 3.30. The lowest BCUT2D eigenvalue weighted by Gasteiger charge is -2.14. The van der Waals surface area contributed by atoms with Gasteiger partial charge in [0.2, 0.25) is 5.75 Å². The predicted octanol–water partition coefficient (Wildman–Crippen LogP) is 3.35. The van der Waals surface area contributed by atoms with Crippen LogP contribution in [0.1, 0.15) is 26.3 Å². The number of nitrogens with zero attached hydrogens (tertiary/aromatic N) is 1.